The predicted octanol–water partition coefficient (Wildman–Crippen LogP) is 0.875. The van der Waals surface area contributed by atoms with Crippen LogP contribution < -0.4 is 25.4 Å². The van der Waals surface area contributed by atoms with E-state index in [-0.39, 0.29) is 11.9 Å². The predicted molar refractivity (Wildman–Crippen MR) is 76.4 cm³/mol. The number of nitrogens with zero attached hydrogens (tertiary/aromatic N) is 2. The summed E-state index contributed by atoms with van der Waals surface area (Å²) in [6.45, 7) is 0. The molecule has 0 fully saturated rings. The van der Waals surface area contributed by atoms with Crippen molar-refractivity contribution in [1.29, 1.82) is 0 Å². The normalized spacial score (nSPS) is 10.0. The number of anilines is 1. The number of rotatable bonds is 5. The van der Waals surface area contributed by atoms with Crippen molar-refractivity contribution in [3.05, 3.63) is 30.1 Å². The summed E-state index contributed by atoms with van der Waals surface area (Å²) in [5.41, 5.74) is 8.51. The van der Waals surface area contributed by atoms with Gasteiger partial charge in [0, 0.05) is 18.0 Å². The Morgan fingerprint density at radius 1 is 1.19 bits per heavy atom. The van der Waals surface area contributed by atoms with Crippen molar-refractivity contribution in [3.63, 3.8) is 0 Å². The standard InChI is InChI=1S/C13H16N4O4/c1-19-9-6-8(7-10(20-2)11(9)21-3)12(18)16-17-5-4-15-13(17)14/h4-7H,1-3H3,(H2,14,15)(H,16,18). The van der Waals surface area contributed by atoms with Crippen LogP contribution in [0.4, 0.5) is 5.95 Å². The van der Waals surface area contributed by atoms with Gasteiger partial charge in [0.2, 0.25) is 11.7 Å². The van der Waals surface area contributed by atoms with Gasteiger partial charge < -0.3 is 19.9 Å². The summed E-state index contributed by atoms with van der Waals surface area (Å²) in [7, 11) is 4.45. The van der Waals surface area contributed by atoms with Crippen LogP contribution in [0.2, 0.25) is 0 Å². The summed E-state index contributed by atoms with van der Waals surface area (Å²) in [4.78, 5) is 16.0. The lowest BCUT2D eigenvalue weighted by Gasteiger charge is -2.14. The molecule has 8 nitrogen and oxygen atoms in total. The minimum absolute atomic E-state index is 0.177. The lowest BCUT2D eigenvalue weighted by atomic mass is 10.1. The molecule has 0 aliphatic heterocycles. The summed E-state index contributed by atoms with van der Waals surface area (Å²) in [6.07, 6.45) is 3.01. The molecule has 0 unspecified atom stereocenters. The highest BCUT2D eigenvalue weighted by atomic mass is 16.5. The van der Waals surface area contributed by atoms with Gasteiger partial charge in [-0.2, -0.15) is 0 Å². The molecule has 21 heavy (non-hydrogen) atoms. The Bertz CT molecular complexity index is 628. The minimum Gasteiger partial charge on any atom is -0.493 e. The van der Waals surface area contributed by atoms with Gasteiger partial charge in [-0.15, -0.1) is 0 Å². The fraction of sp³-hybridized carbons (Fsp3) is 0.231. The molecule has 3 N–H and O–H groups in total. The highest BCUT2D eigenvalue weighted by molar-refractivity contribution is 6.01. The highest BCUT2D eigenvalue weighted by Crippen LogP contribution is 2.38. The van der Waals surface area contributed by atoms with E-state index in [1.54, 1.807) is 12.1 Å². The van der Waals surface area contributed by atoms with Crippen molar-refractivity contribution in [3.8, 4) is 17.2 Å². The number of carbonyl (C=O) groups is 1. The zero-order valence-electron chi connectivity index (χ0n) is 11.9. The molecule has 0 spiro atoms. The highest BCUT2D eigenvalue weighted by Gasteiger charge is 2.17. The second kappa shape index (κ2) is 6.04. The second-order valence-corrected chi connectivity index (χ2v) is 4.01. The van der Waals surface area contributed by atoms with Gasteiger partial charge in [0.15, 0.2) is 11.5 Å². The van der Waals surface area contributed by atoms with Crippen LogP contribution in [-0.2, 0) is 0 Å². The first-order valence-corrected chi connectivity index (χ1v) is 6.01. The van der Waals surface area contributed by atoms with Crippen LogP contribution in [0.25, 0.3) is 0 Å². The summed E-state index contributed by atoms with van der Waals surface area (Å²) >= 11 is 0. The van der Waals surface area contributed by atoms with Crippen molar-refractivity contribution < 1.29 is 19.0 Å². The molecular weight excluding hydrogens is 276 g/mol. The molecule has 8 heteroatoms. The third-order valence-electron chi connectivity index (χ3n) is 2.82. The Balaban J connectivity index is 2.35. The monoisotopic (exact) mass is 292 g/mol. The fourth-order valence-corrected chi connectivity index (χ4v) is 1.80. The number of methoxy groups -OCH3 is 3. The molecular formula is C13H16N4O4. The summed E-state index contributed by atoms with van der Waals surface area (Å²) < 4.78 is 16.9. The largest absolute Gasteiger partial charge is 0.493 e. The van der Waals surface area contributed by atoms with Crippen LogP contribution in [0.1, 0.15) is 10.4 Å². The zero-order valence-corrected chi connectivity index (χ0v) is 11.9. The summed E-state index contributed by atoms with van der Waals surface area (Å²) in [6, 6.07) is 3.09. The number of aromatic nitrogens is 2. The maximum Gasteiger partial charge on any atom is 0.270 e. The Labute approximate surface area is 121 Å². The van der Waals surface area contributed by atoms with Crippen LogP contribution in [0.3, 0.4) is 0 Å². The molecule has 112 valence electrons. The number of hydrogen-bond donors (Lipinski definition) is 2. The third-order valence-corrected chi connectivity index (χ3v) is 2.82. The molecule has 0 aliphatic rings. The molecule has 0 saturated carbocycles. The SMILES string of the molecule is COc1cc(C(=O)Nn2ccnc2N)cc(OC)c1OC. The molecule has 0 bridgehead atoms. The van der Waals surface area contributed by atoms with E-state index in [0.29, 0.717) is 22.8 Å². The second-order valence-electron chi connectivity index (χ2n) is 4.01. The van der Waals surface area contributed by atoms with Gasteiger partial charge in [-0.1, -0.05) is 0 Å². The Hall–Kier alpha value is -2.90. The number of carbonyl (C=O) groups excluding carboxylic acids is 1. The molecule has 0 saturated heterocycles. The molecule has 1 heterocycles. The number of hydrogen-bond acceptors (Lipinski definition) is 6. The van der Waals surface area contributed by atoms with Gasteiger partial charge in [0.05, 0.1) is 21.3 Å². The molecule has 1 amide bonds. The number of amides is 1. The van der Waals surface area contributed by atoms with E-state index >= 15 is 0 Å². The Morgan fingerprint density at radius 3 is 2.24 bits per heavy atom. The first-order chi connectivity index (χ1) is 10.1. The first-order valence-electron chi connectivity index (χ1n) is 6.01. The van der Waals surface area contributed by atoms with Gasteiger partial charge in [-0.3, -0.25) is 10.2 Å². The quantitative estimate of drug-likeness (QED) is 0.848. The van der Waals surface area contributed by atoms with E-state index in [1.807, 2.05) is 0 Å². The molecule has 1 aromatic heterocycles. The fourth-order valence-electron chi connectivity index (χ4n) is 1.80. The van der Waals surface area contributed by atoms with Crippen molar-refractivity contribution in [1.82, 2.24) is 9.66 Å². The van der Waals surface area contributed by atoms with Crippen LogP contribution in [0.15, 0.2) is 24.5 Å². The number of benzene rings is 1. The van der Waals surface area contributed by atoms with Crippen LogP contribution in [0, 0.1) is 0 Å². The topological polar surface area (TPSA) is 101 Å². The van der Waals surface area contributed by atoms with Crippen LogP contribution >= 0.6 is 0 Å². The maximum absolute atomic E-state index is 12.2. The Kier molecular flexibility index (Phi) is 4.17. The molecule has 2 rings (SSSR count). The number of nitrogens with one attached hydrogen (secondary N) is 1. The van der Waals surface area contributed by atoms with Crippen molar-refractivity contribution >= 4 is 11.9 Å². The average Bonchev–Trinajstić information content (AvgIpc) is 2.90. The van der Waals surface area contributed by atoms with E-state index < -0.39 is 0 Å². The summed E-state index contributed by atoms with van der Waals surface area (Å²) in [5, 5.41) is 0. The molecule has 1 aromatic carbocycles. The number of nitrogen functional groups attached to an aromatic ring is 1. The first kappa shape index (κ1) is 14.5. The van der Waals surface area contributed by atoms with Gasteiger partial charge in [0.1, 0.15) is 0 Å². The van der Waals surface area contributed by atoms with Crippen molar-refractivity contribution in [2.75, 3.05) is 32.5 Å². The smallest absolute Gasteiger partial charge is 0.270 e. The average molecular weight is 292 g/mol. The van der Waals surface area contributed by atoms with Gasteiger partial charge in [0.25, 0.3) is 5.91 Å². The lowest BCUT2D eigenvalue weighted by molar-refractivity contribution is 0.101. The van der Waals surface area contributed by atoms with Gasteiger partial charge in [-0.25, -0.2) is 9.66 Å². The van der Waals surface area contributed by atoms with Crippen LogP contribution in [0.5, 0.6) is 17.2 Å². The number of ether oxygens (including phenoxy) is 3. The van der Waals surface area contributed by atoms with E-state index in [0.717, 1.165) is 0 Å². The minimum atomic E-state index is -0.390. The molecule has 0 aliphatic carbocycles. The number of nitrogens with two attached hydrogens (primary N) is 1. The van der Waals surface area contributed by atoms with Crippen molar-refractivity contribution in [2.45, 2.75) is 0 Å². The third kappa shape index (κ3) is 2.83. The maximum atomic E-state index is 12.2. The van der Waals surface area contributed by atoms with E-state index in [1.165, 1.54) is 38.4 Å². The summed E-state index contributed by atoms with van der Waals surface area (Å²) in [5.74, 6) is 0.981. The van der Waals surface area contributed by atoms with Gasteiger partial charge >= 0.3 is 0 Å². The molecule has 0 atom stereocenters. The Morgan fingerprint density at radius 2 is 1.81 bits per heavy atom. The van der Waals surface area contributed by atoms with E-state index in [9.17, 15) is 4.79 Å². The molecule has 0 radical (unpaired) electrons. The molecule has 2 aromatic rings. The van der Waals surface area contributed by atoms with E-state index in [4.69, 9.17) is 19.9 Å². The van der Waals surface area contributed by atoms with E-state index in [2.05, 4.69) is 10.4 Å². The number of imidazole rings is 1. The van der Waals surface area contributed by atoms with Gasteiger partial charge in [-0.05, 0) is 12.1 Å². The zero-order chi connectivity index (χ0) is 15.4. The van der Waals surface area contributed by atoms with Crippen LogP contribution in [-0.4, -0.2) is 36.9 Å². The van der Waals surface area contributed by atoms with Crippen molar-refractivity contribution in [2.24, 2.45) is 0 Å². The lowest BCUT2D eigenvalue weighted by Crippen LogP contribution is -2.23.